The smallest absolute Gasteiger partial charge is 0.314 e. The summed E-state index contributed by atoms with van der Waals surface area (Å²) >= 11 is 0. The predicted molar refractivity (Wildman–Crippen MR) is 120 cm³/mol. The lowest BCUT2D eigenvalue weighted by Crippen LogP contribution is -2.62. The molecule has 1 amide bonds. The standard InChI is InChI=1S/C24H45N5O/c1-21(2,14-18(23(5,6)25)28-12-11-27(8)17-28)22(3,4)19-15-24(7,26)16-29(19)13-9-10-20(29)30/h11-12,17-19H,9-10,13-16,25-26H2,1-8H3/q+2. The topological polar surface area (TPSA) is 77.9 Å². The molecule has 0 aliphatic carbocycles. The zero-order valence-corrected chi connectivity index (χ0v) is 20.5. The van der Waals surface area contributed by atoms with Crippen LogP contribution in [0.1, 0.15) is 80.2 Å². The van der Waals surface area contributed by atoms with Crippen molar-refractivity contribution < 1.29 is 13.8 Å². The second-order valence-corrected chi connectivity index (χ2v) is 12.5. The molecule has 2 fully saturated rings. The Balaban J connectivity index is 1.97. The first-order chi connectivity index (χ1) is 13.5. The van der Waals surface area contributed by atoms with Crippen LogP contribution in [0.4, 0.5) is 0 Å². The molecule has 1 aromatic rings. The molecule has 4 unspecified atom stereocenters. The zero-order valence-electron chi connectivity index (χ0n) is 20.5. The molecule has 4 atom stereocenters. The largest absolute Gasteiger partial charge is 0.322 e. The van der Waals surface area contributed by atoms with Gasteiger partial charge in [-0.15, -0.1) is 0 Å². The van der Waals surface area contributed by atoms with Crippen LogP contribution in [-0.4, -0.2) is 45.2 Å². The molecule has 6 nitrogen and oxygen atoms in total. The van der Waals surface area contributed by atoms with E-state index >= 15 is 0 Å². The van der Waals surface area contributed by atoms with E-state index in [2.05, 4.69) is 76.3 Å². The molecule has 6 heteroatoms. The number of hydrogen-bond donors (Lipinski definition) is 2. The number of imidazole rings is 1. The summed E-state index contributed by atoms with van der Waals surface area (Å²) in [7, 11) is 2.04. The number of nitrogens with two attached hydrogens (primary N) is 2. The summed E-state index contributed by atoms with van der Waals surface area (Å²) in [5.41, 5.74) is 12.6. The highest BCUT2D eigenvalue weighted by atomic mass is 16.2. The molecule has 1 spiro atoms. The van der Waals surface area contributed by atoms with Crippen molar-refractivity contribution in [1.29, 1.82) is 0 Å². The fourth-order valence-corrected chi connectivity index (χ4v) is 6.27. The Morgan fingerprint density at radius 1 is 1.30 bits per heavy atom. The Morgan fingerprint density at radius 3 is 2.40 bits per heavy atom. The van der Waals surface area contributed by atoms with Gasteiger partial charge in [-0.2, -0.15) is 0 Å². The van der Waals surface area contributed by atoms with Gasteiger partial charge in [0.25, 0.3) is 0 Å². The first-order valence-electron chi connectivity index (χ1n) is 11.5. The van der Waals surface area contributed by atoms with Gasteiger partial charge in [0.2, 0.25) is 6.33 Å². The average molecular weight is 420 g/mol. The van der Waals surface area contributed by atoms with E-state index in [0.29, 0.717) is 16.8 Å². The maximum absolute atomic E-state index is 13.2. The van der Waals surface area contributed by atoms with Crippen LogP contribution in [0, 0.1) is 10.8 Å². The van der Waals surface area contributed by atoms with E-state index in [-0.39, 0.29) is 34.0 Å². The first-order valence-corrected chi connectivity index (χ1v) is 11.5. The number of aromatic nitrogens is 2. The van der Waals surface area contributed by atoms with Crippen molar-refractivity contribution in [2.45, 2.75) is 97.3 Å². The summed E-state index contributed by atoms with van der Waals surface area (Å²) in [4.78, 5) is 13.2. The Kier molecular flexibility index (Phi) is 5.58. The monoisotopic (exact) mass is 419 g/mol. The van der Waals surface area contributed by atoms with Crippen LogP contribution >= 0.6 is 0 Å². The van der Waals surface area contributed by atoms with Gasteiger partial charge in [-0.05, 0) is 32.6 Å². The Bertz CT molecular complexity index is 801. The number of quaternary nitrogens is 1. The molecule has 0 bridgehead atoms. The van der Waals surface area contributed by atoms with Gasteiger partial charge < -0.3 is 11.5 Å². The van der Waals surface area contributed by atoms with Crippen molar-refractivity contribution in [1.82, 2.24) is 4.57 Å². The maximum atomic E-state index is 13.2. The molecule has 30 heavy (non-hydrogen) atoms. The van der Waals surface area contributed by atoms with Gasteiger partial charge in [0.15, 0.2) is 0 Å². The quantitative estimate of drug-likeness (QED) is 0.550. The van der Waals surface area contributed by atoms with Gasteiger partial charge in [0, 0.05) is 18.3 Å². The number of carbonyl (C=O) groups excluding carboxylic acids is 1. The Morgan fingerprint density at radius 2 is 1.93 bits per heavy atom. The highest BCUT2D eigenvalue weighted by molar-refractivity contribution is 5.71. The molecule has 2 aliphatic heterocycles. The van der Waals surface area contributed by atoms with E-state index in [4.69, 9.17) is 11.5 Å². The number of hydrogen-bond acceptors (Lipinski definition) is 3. The number of carbonyl (C=O) groups is 1. The molecule has 4 N–H and O–H groups in total. The van der Waals surface area contributed by atoms with Crippen LogP contribution in [0.3, 0.4) is 0 Å². The molecule has 0 saturated carbocycles. The van der Waals surface area contributed by atoms with E-state index < -0.39 is 0 Å². The number of aryl methyl sites for hydroxylation is 1. The third-order valence-corrected chi connectivity index (χ3v) is 8.63. The van der Waals surface area contributed by atoms with Gasteiger partial charge in [-0.3, -0.25) is 4.48 Å². The molecular weight excluding hydrogens is 374 g/mol. The minimum absolute atomic E-state index is 0.0453. The molecule has 170 valence electrons. The molecule has 3 rings (SSSR count). The lowest BCUT2D eigenvalue weighted by Gasteiger charge is -2.51. The van der Waals surface area contributed by atoms with Crippen LogP contribution in [0.15, 0.2) is 18.7 Å². The van der Waals surface area contributed by atoms with Crippen molar-refractivity contribution >= 4 is 5.91 Å². The average Bonchev–Trinajstić information content (AvgIpc) is 3.23. The Labute approximate surface area is 183 Å². The summed E-state index contributed by atoms with van der Waals surface area (Å²) < 4.78 is 4.90. The van der Waals surface area contributed by atoms with Crippen LogP contribution in [0.5, 0.6) is 0 Å². The molecular formula is C24H45N5O+2. The van der Waals surface area contributed by atoms with E-state index in [0.717, 1.165) is 32.4 Å². The second kappa shape index (κ2) is 7.14. The van der Waals surface area contributed by atoms with E-state index in [9.17, 15) is 4.79 Å². The van der Waals surface area contributed by atoms with Crippen molar-refractivity contribution in [3.63, 3.8) is 0 Å². The second-order valence-electron chi connectivity index (χ2n) is 12.5. The number of rotatable bonds is 6. The lowest BCUT2D eigenvalue weighted by molar-refractivity contribution is -0.869. The summed E-state index contributed by atoms with van der Waals surface area (Å²) in [6.45, 7) is 17.5. The highest BCUT2D eigenvalue weighted by Gasteiger charge is 2.64. The van der Waals surface area contributed by atoms with Crippen molar-refractivity contribution in [2.24, 2.45) is 29.3 Å². The van der Waals surface area contributed by atoms with Gasteiger partial charge in [0.05, 0.1) is 31.1 Å². The van der Waals surface area contributed by atoms with E-state index in [1.54, 1.807) is 0 Å². The maximum Gasteiger partial charge on any atom is 0.314 e. The minimum atomic E-state index is -0.368. The molecule has 2 aliphatic rings. The first kappa shape index (κ1) is 23.4. The molecule has 2 saturated heterocycles. The van der Waals surface area contributed by atoms with Gasteiger partial charge in [0.1, 0.15) is 31.0 Å². The SMILES string of the molecule is C[n+]1ccn(C(CC(C)(C)C(C)(C)C2CC(C)(N)C[N+]23CCCC3=O)C(C)(C)N)c1. The van der Waals surface area contributed by atoms with Crippen molar-refractivity contribution in [3.05, 3.63) is 18.7 Å². The normalized spacial score (nSPS) is 31.7. The zero-order chi connectivity index (χ0) is 22.8. The summed E-state index contributed by atoms with van der Waals surface area (Å²) in [6.07, 6.45) is 9.81. The highest BCUT2D eigenvalue weighted by Crippen LogP contribution is 2.55. The van der Waals surface area contributed by atoms with Crippen molar-refractivity contribution in [3.8, 4) is 0 Å². The fraction of sp³-hybridized carbons (Fsp3) is 0.833. The van der Waals surface area contributed by atoms with Crippen LogP contribution in [0.25, 0.3) is 0 Å². The van der Waals surface area contributed by atoms with Gasteiger partial charge in [-0.1, -0.05) is 27.7 Å². The Hall–Kier alpha value is -1.24. The summed E-state index contributed by atoms with van der Waals surface area (Å²) in [5, 5.41) is 0. The van der Waals surface area contributed by atoms with E-state index in [1.807, 2.05) is 7.05 Å². The molecule has 0 aromatic carbocycles. The molecule has 3 heterocycles. The number of amides is 1. The predicted octanol–water partition coefficient (Wildman–Crippen LogP) is 2.66. The van der Waals surface area contributed by atoms with Crippen LogP contribution in [0.2, 0.25) is 0 Å². The van der Waals surface area contributed by atoms with Gasteiger partial charge in [-0.25, -0.2) is 13.9 Å². The van der Waals surface area contributed by atoms with Crippen molar-refractivity contribution in [2.75, 3.05) is 13.1 Å². The summed E-state index contributed by atoms with van der Waals surface area (Å²) in [6, 6.07) is 0.390. The minimum Gasteiger partial charge on any atom is -0.322 e. The van der Waals surface area contributed by atoms with Crippen LogP contribution in [-0.2, 0) is 11.8 Å². The number of nitrogens with zero attached hydrogens (tertiary/aromatic N) is 3. The molecule has 0 radical (unpaired) electrons. The van der Waals surface area contributed by atoms with Gasteiger partial charge >= 0.3 is 5.91 Å². The third kappa shape index (κ3) is 3.87. The fourth-order valence-electron chi connectivity index (χ4n) is 6.27. The molecule has 1 aromatic heterocycles. The van der Waals surface area contributed by atoms with E-state index in [1.165, 1.54) is 0 Å². The van der Waals surface area contributed by atoms with Crippen LogP contribution < -0.4 is 16.0 Å². The third-order valence-electron chi connectivity index (χ3n) is 8.63. The summed E-state index contributed by atoms with van der Waals surface area (Å²) in [5.74, 6) is 0.395. The lowest BCUT2D eigenvalue weighted by atomic mass is 9.59.